The number of benzene rings is 1. The van der Waals surface area contributed by atoms with Gasteiger partial charge in [0.05, 0.1) is 11.1 Å². The minimum atomic E-state index is -0.409. The van der Waals surface area contributed by atoms with E-state index in [1.54, 1.807) is 18.3 Å². The maximum Gasteiger partial charge on any atom is 0.288 e. The molecule has 6 nitrogen and oxygen atoms in total. The van der Waals surface area contributed by atoms with E-state index in [-0.39, 0.29) is 5.41 Å². The molecule has 4 aliphatic carbocycles. The highest BCUT2D eigenvalue weighted by Crippen LogP contribution is 2.61. The second-order valence-electron chi connectivity index (χ2n) is 9.92. The van der Waals surface area contributed by atoms with Crippen LogP contribution in [0.2, 0.25) is 0 Å². The lowest BCUT2D eigenvalue weighted by molar-refractivity contribution is -0.00454. The van der Waals surface area contributed by atoms with E-state index in [4.69, 9.17) is 0 Å². The van der Waals surface area contributed by atoms with E-state index in [1.807, 2.05) is 18.2 Å². The molecule has 4 saturated carbocycles. The minimum absolute atomic E-state index is 0.144. The van der Waals surface area contributed by atoms with Crippen LogP contribution in [0.1, 0.15) is 64.9 Å². The first kappa shape index (κ1) is 19.4. The maximum atomic E-state index is 13.0. The minimum Gasteiger partial charge on any atom is -0.267 e. The number of aromatic nitrogens is 2. The van der Waals surface area contributed by atoms with Crippen molar-refractivity contribution in [1.29, 1.82) is 0 Å². The second-order valence-corrected chi connectivity index (χ2v) is 9.92. The normalized spacial score (nSPS) is 27.9. The number of para-hydroxylation sites is 1. The topological polar surface area (TPSA) is 84.0 Å². The Morgan fingerprint density at radius 3 is 2.25 bits per heavy atom. The van der Waals surface area contributed by atoms with Gasteiger partial charge in [0.25, 0.3) is 11.8 Å². The Bertz CT molecular complexity index is 1170. The monoisotopic (exact) mass is 426 g/mol. The molecule has 7 rings (SSSR count). The smallest absolute Gasteiger partial charge is 0.267 e. The van der Waals surface area contributed by atoms with Crippen LogP contribution in [-0.2, 0) is 5.41 Å². The van der Waals surface area contributed by atoms with Crippen molar-refractivity contribution in [3.63, 3.8) is 0 Å². The molecule has 0 radical (unpaired) electrons. The molecule has 2 amide bonds. The number of nitrogens with zero attached hydrogens (tertiary/aromatic N) is 2. The molecule has 0 unspecified atom stereocenters. The van der Waals surface area contributed by atoms with Crippen LogP contribution in [-0.4, -0.2) is 21.8 Å². The van der Waals surface area contributed by atoms with Crippen molar-refractivity contribution in [2.24, 2.45) is 17.8 Å². The lowest BCUT2D eigenvalue weighted by Crippen LogP contribution is -2.48. The van der Waals surface area contributed by atoms with Crippen LogP contribution >= 0.6 is 0 Å². The van der Waals surface area contributed by atoms with Crippen molar-refractivity contribution >= 4 is 22.7 Å². The Hall–Kier alpha value is -3.28. The van der Waals surface area contributed by atoms with Gasteiger partial charge in [-0.3, -0.25) is 25.4 Å². The summed E-state index contributed by atoms with van der Waals surface area (Å²) in [6.07, 6.45) is 10.8. The number of hydrazine groups is 1. The van der Waals surface area contributed by atoms with Gasteiger partial charge in [-0.05, 0) is 91.5 Å². The molecule has 2 N–H and O–H groups in total. The lowest BCUT2D eigenvalue weighted by Gasteiger charge is -2.57. The third-order valence-electron chi connectivity index (χ3n) is 7.77. The molecule has 6 heteroatoms. The standard InChI is InChI=1S/C26H26N4O2/c31-24(19-4-3-7-27-15-19)29-30-25(32)23-11-21(20-5-1-2-6-22(20)28-23)26-12-16-8-17(13-26)10-18(9-16)14-26/h1-7,11,15-18H,8-10,12-14H2,(H,29,31)(H,30,32). The number of pyridine rings is 2. The summed E-state index contributed by atoms with van der Waals surface area (Å²) in [6, 6.07) is 13.5. The van der Waals surface area contributed by atoms with Crippen LogP contribution in [0.3, 0.4) is 0 Å². The zero-order valence-electron chi connectivity index (χ0n) is 17.9. The fourth-order valence-corrected chi connectivity index (χ4v) is 6.92. The van der Waals surface area contributed by atoms with Crippen LogP contribution in [0.4, 0.5) is 0 Å². The van der Waals surface area contributed by atoms with Gasteiger partial charge in [0.1, 0.15) is 5.69 Å². The Morgan fingerprint density at radius 2 is 1.56 bits per heavy atom. The van der Waals surface area contributed by atoms with Crippen LogP contribution in [0.15, 0.2) is 54.9 Å². The van der Waals surface area contributed by atoms with Crippen molar-refractivity contribution in [2.45, 2.75) is 43.9 Å². The van der Waals surface area contributed by atoms with Gasteiger partial charge in [-0.2, -0.15) is 0 Å². The number of amides is 2. The van der Waals surface area contributed by atoms with Crippen LogP contribution < -0.4 is 10.9 Å². The first-order valence-electron chi connectivity index (χ1n) is 11.5. The Labute approximate surface area is 186 Å². The highest BCUT2D eigenvalue weighted by molar-refractivity contribution is 5.99. The number of carbonyl (C=O) groups excluding carboxylic acids is 2. The maximum absolute atomic E-state index is 13.0. The van der Waals surface area contributed by atoms with E-state index < -0.39 is 11.8 Å². The number of rotatable bonds is 3. The quantitative estimate of drug-likeness (QED) is 0.616. The average Bonchev–Trinajstić information content (AvgIpc) is 2.81. The summed E-state index contributed by atoms with van der Waals surface area (Å²) in [4.78, 5) is 33.9. The first-order valence-corrected chi connectivity index (χ1v) is 11.5. The van der Waals surface area contributed by atoms with Crippen LogP contribution in [0.25, 0.3) is 10.9 Å². The predicted molar refractivity (Wildman–Crippen MR) is 121 cm³/mol. The molecule has 0 spiro atoms. The van der Waals surface area contributed by atoms with E-state index in [2.05, 4.69) is 33.0 Å². The fraction of sp³-hybridized carbons (Fsp3) is 0.385. The van der Waals surface area contributed by atoms with Gasteiger partial charge >= 0.3 is 0 Å². The number of fused-ring (bicyclic) bond motifs is 1. The SMILES string of the molecule is O=C(NNC(=O)c1cc(C23CC4CC(CC(C4)C2)C3)c2ccccc2n1)c1cccnc1. The zero-order chi connectivity index (χ0) is 21.7. The van der Waals surface area contributed by atoms with E-state index >= 15 is 0 Å². The molecule has 1 aromatic carbocycles. The third kappa shape index (κ3) is 3.25. The molecule has 2 aromatic heterocycles. The highest BCUT2D eigenvalue weighted by atomic mass is 16.2. The third-order valence-corrected chi connectivity index (χ3v) is 7.77. The second kappa shape index (κ2) is 7.40. The summed E-state index contributed by atoms with van der Waals surface area (Å²) in [5, 5.41) is 1.16. The van der Waals surface area contributed by atoms with Crippen LogP contribution in [0.5, 0.6) is 0 Å². The summed E-state index contributed by atoms with van der Waals surface area (Å²) in [5.41, 5.74) is 8.00. The Balaban J connectivity index is 1.33. The highest BCUT2D eigenvalue weighted by Gasteiger charge is 2.52. The van der Waals surface area contributed by atoms with Gasteiger partial charge in [0.2, 0.25) is 0 Å². The largest absolute Gasteiger partial charge is 0.288 e. The fourth-order valence-electron chi connectivity index (χ4n) is 6.92. The summed E-state index contributed by atoms with van der Waals surface area (Å²) in [7, 11) is 0. The number of hydrogen-bond donors (Lipinski definition) is 2. The van der Waals surface area contributed by atoms with Gasteiger partial charge in [-0.15, -0.1) is 0 Å². The zero-order valence-corrected chi connectivity index (χ0v) is 17.9. The van der Waals surface area contributed by atoms with E-state index in [9.17, 15) is 9.59 Å². The molecule has 0 aliphatic heterocycles. The molecule has 32 heavy (non-hydrogen) atoms. The first-order chi connectivity index (χ1) is 15.6. The number of nitrogens with one attached hydrogen (secondary N) is 2. The van der Waals surface area contributed by atoms with Crippen LogP contribution in [0, 0.1) is 17.8 Å². The van der Waals surface area contributed by atoms with Crippen molar-refractivity contribution < 1.29 is 9.59 Å². The van der Waals surface area contributed by atoms with Crippen molar-refractivity contribution in [3.8, 4) is 0 Å². The molecular weight excluding hydrogens is 400 g/mol. The molecule has 162 valence electrons. The molecule has 4 fully saturated rings. The molecule has 0 saturated heterocycles. The molecule has 0 atom stereocenters. The number of hydrogen-bond acceptors (Lipinski definition) is 4. The van der Waals surface area contributed by atoms with E-state index in [1.165, 1.54) is 50.3 Å². The van der Waals surface area contributed by atoms with Gasteiger partial charge in [0.15, 0.2) is 0 Å². The molecule has 4 aliphatic rings. The summed E-state index contributed by atoms with van der Waals surface area (Å²) in [6.45, 7) is 0. The lowest BCUT2D eigenvalue weighted by atomic mass is 9.48. The van der Waals surface area contributed by atoms with Crippen molar-refractivity contribution in [3.05, 3.63) is 71.7 Å². The number of carbonyl (C=O) groups is 2. The van der Waals surface area contributed by atoms with Crippen molar-refractivity contribution in [2.75, 3.05) is 0 Å². The summed E-state index contributed by atoms with van der Waals surface area (Å²) >= 11 is 0. The Morgan fingerprint density at radius 1 is 0.875 bits per heavy atom. The van der Waals surface area contributed by atoms with Gasteiger partial charge < -0.3 is 0 Å². The summed E-state index contributed by atoms with van der Waals surface area (Å²) < 4.78 is 0. The van der Waals surface area contributed by atoms with Gasteiger partial charge in [0, 0.05) is 17.8 Å². The van der Waals surface area contributed by atoms with Gasteiger partial charge in [-0.25, -0.2) is 4.98 Å². The Kier molecular flexibility index (Phi) is 4.49. The summed E-state index contributed by atoms with van der Waals surface area (Å²) in [5.74, 6) is 1.62. The molecule has 2 heterocycles. The van der Waals surface area contributed by atoms with Crippen molar-refractivity contribution in [1.82, 2.24) is 20.8 Å². The predicted octanol–water partition coefficient (Wildman–Crippen LogP) is 4.17. The molecular formula is C26H26N4O2. The van der Waals surface area contributed by atoms with E-state index in [0.717, 1.165) is 28.7 Å². The van der Waals surface area contributed by atoms with E-state index in [0.29, 0.717) is 11.3 Å². The molecule has 3 aromatic rings. The average molecular weight is 427 g/mol. The van der Waals surface area contributed by atoms with Gasteiger partial charge in [-0.1, -0.05) is 18.2 Å². The molecule has 4 bridgehead atoms.